The van der Waals surface area contributed by atoms with Crippen LogP contribution in [0.1, 0.15) is 58.8 Å². The Morgan fingerprint density at radius 1 is 1.44 bits per heavy atom. The summed E-state index contributed by atoms with van der Waals surface area (Å²) < 4.78 is 5.91. The zero-order valence-electron chi connectivity index (χ0n) is 11.4. The second-order valence-electron chi connectivity index (χ2n) is 5.80. The molecule has 1 saturated heterocycles. The lowest BCUT2D eigenvalue weighted by Gasteiger charge is -2.37. The van der Waals surface area contributed by atoms with Gasteiger partial charge >= 0.3 is 5.97 Å². The van der Waals surface area contributed by atoms with E-state index in [2.05, 4.69) is 41.8 Å². The fourth-order valence-corrected chi connectivity index (χ4v) is 4.01. The van der Waals surface area contributed by atoms with Crippen molar-refractivity contribution in [1.29, 1.82) is 0 Å². The van der Waals surface area contributed by atoms with Crippen molar-refractivity contribution < 1.29 is 9.53 Å². The van der Waals surface area contributed by atoms with Crippen molar-refractivity contribution in [2.45, 2.75) is 80.4 Å². The minimum atomic E-state index is -0.147. The van der Waals surface area contributed by atoms with Gasteiger partial charge in [-0.2, -0.15) is 0 Å². The van der Waals surface area contributed by atoms with Crippen molar-refractivity contribution in [1.82, 2.24) is 5.32 Å². The topological polar surface area (TPSA) is 48.2 Å². The molecular formula is C14H24INO2. The van der Waals surface area contributed by atoms with Crippen LogP contribution in [0.5, 0.6) is 0 Å². The molecule has 0 aromatic rings. The molecule has 0 radical (unpaired) electrons. The number of carbonyl (C=O) groups excluding carboxylic acids is 1. The molecule has 3 unspecified atom stereocenters. The molecule has 2 fully saturated rings. The van der Waals surface area contributed by atoms with Crippen molar-refractivity contribution in [2.75, 3.05) is 0 Å². The minimum Gasteiger partial charge on any atom is -0.458 e. The Hall–Kier alpha value is 0.160. The number of esters is 1. The van der Waals surface area contributed by atoms with Gasteiger partial charge in [0.25, 0.3) is 0 Å². The number of carbonyl (C=O) groups is 1. The Balaban J connectivity index is 1.93. The Morgan fingerprint density at radius 2 is 2.06 bits per heavy atom. The van der Waals surface area contributed by atoms with Crippen molar-refractivity contribution in [3.8, 4) is 0 Å². The molecule has 2 aliphatic rings. The van der Waals surface area contributed by atoms with E-state index in [-0.39, 0.29) is 15.5 Å². The van der Waals surface area contributed by atoms with Crippen LogP contribution in [0.2, 0.25) is 0 Å². The van der Waals surface area contributed by atoms with Crippen molar-refractivity contribution >= 4 is 28.6 Å². The van der Waals surface area contributed by atoms with Crippen LogP contribution in [0, 0.1) is 0 Å². The summed E-state index contributed by atoms with van der Waals surface area (Å²) in [5.41, 5.74) is -0.147. The number of halogens is 1. The maximum absolute atomic E-state index is 12.2. The SMILES string of the molecule is CCCC1(OC(=O)C(I)C2NC2C)CCCCC1. The Labute approximate surface area is 124 Å². The van der Waals surface area contributed by atoms with Crippen molar-refractivity contribution in [3.63, 3.8) is 0 Å². The lowest BCUT2D eigenvalue weighted by molar-refractivity contribution is -0.163. The first-order valence-corrected chi connectivity index (χ1v) is 8.45. The number of nitrogens with one attached hydrogen (secondary N) is 1. The highest BCUT2D eigenvalue weighted by molar-refractivity contribution is 14.1. The Bertz CT molecular complexity index is 297. The molecule has 2 rings (SSSR count). The van der Waals surface area contributed by atoms with Gasteiger partial charge in [0.15, 0.2) is 0 Å². The predicted molar refractivity (Wildman–Crippen MR) is 81.0 cm³/mol. The monoisotopic (exact) mass is 365 g/mol. The molecule has 1 saturated carbocycles. The van der Waals surface area contributed by atoms with E-state index in [0.29, 0.717) is 12.1 Å². The average Bonchev–Trinajstić information content (AvgIpc) is 3.06. The van der Waals surface area contributed by atoms with Crippen LogP contribution in [0.3, 0.4) is 0 Å². The van der Waals surface area contributed by atoms with Crippen LogP contribution in [0.4, 0.5) is 0 Å². The molecule has 0 aromatic carbocycles. The first kappa shape index (κ1) is 14.6. The maximum atomic E-state index is 12.2. The summed E-state index contributed by atoms with van der Waals surface area (Å²) in [7, 11) is 0. The second kappa shape index (κ2) is 6.07. The average molecular weight is 365 g/mol. The van der Waals surface area contributed by atoms with Crippen LogP contribution in [0.25, 0.3) is 0 Å². The molecule has 18 heavy (non-hydrogen) atoms. The fraction of sp³-hybridized carbons (Fsp3) is 0.929. The molecule has 1 aliphatic heterocycles. The van der Waals surface area contributed by atoms with Crippen LogP contribution in [-0.2, 0) is 9.53 Å². The molecule has 3 nitrogen and oxygen atoms in total. The molecule has 1 N–H and O–H groups in total. The minimum absolute atomic E-state index is 0.00667. The van der Waals surface area contributed by atoms with Gasteiger partial charge in [-0.3, -0.25) is 4.79 Å². The van der Waals surface area contributed by atoms with E-state index in [1.54, 1.807) is 0 Å². The molecule has 1 aliphatic carbocycles. The van der Waals surface area contributed by atoms with Crippen LogP contribution >= 0.6 is 22.6 Å². The van der Waals surface area contributed by atoms with E-state index in [0.717, 1.165) is 25.7 Å². The number of hydrogen-bond acceptors (Lipinski definition) is 3. The fourth-order valence-electron chi connectivity index (χ4n) is 3.06. The quantitative estimate of drug-likeness (QED) is 0.352. The zero-order chi connectivity index (χ0) is 13.2. The van der Waals surface area contributed by atoms with Gasteiger partial charge in [-0.15, -0.1) is 0 Å². The number of rotatable bonds is 5. The molecule has 104 valence electrons. The summed E-state index contributed by atoms with van der Waals surface area (Å²) in [6.45, 7) is 4.29. The van der Waals surface area contributed by atoms with Gasteiger partial charge < -0.3 is 10.1 Å². The molecule has 4 heteroatoms. The molecular weight excluding hydrogens is 341 g/mol. The number of hydrogen-bond donors (Lipinski definition) is 1. The highest BCUT2D eigenvalue weighted by Crippen LogP contribution is 2.37. The highest BCUT2D eigenvalue weighted by Gasteiger charge is 2.44. The maximum Gasteiger partial charge on any atom is 0.321 e. The number of ether oxygens (including phenoxy) is 1. The third-order valence-electron chi connectivity index (χ3n) is 4.21. The lowest BCUT2D eigenvalue weighted by atomic mass is 9.81. The van der Waals surface area contributed by atoms with Crippen LogP contribution in [-0.4, -0.2) is 27.6 Å². The summed E-state index contributed by atoms with van der Waals surface area (Å²) in [6.07, 6.45) is 7.94. The molecule has 3 atom stereocenters. The molecule has 0 amide bonds. The second-order valence-corrected chi connectivity index (χ2v) is 7.14. The van der Waals surface area contributed by atoms with Gasteiger partial charge in [0, 0.05) is 12.1 Å². The van der Waals surface area contributed by atoms with Gasteiger partial charge in [-0.25, -0.2) is 0 Å². The normalized spacial score (nSPS) is 31.7. The van der Waals surface area contributed by atoms with E-state index in [1.807, 2.05) is 0 Å². The highest BCUT2D eigenvalue weighted by atomic mass is 127. The van der Waals surface area contributed by atoms with E-state index < -0.39 is 0 Å². The van der Waals surface area contributed by atoms with Crippen molar-refractivity contribution in [2.24, 2.45) is 0 Å². The number of alkyl halides is 1. The molecule has 0 bridgehead atoms. The van der Waals surface area contributed by atoms with Gasteiger partial charge in [0.2, 0.25) is 0 Å². The van der Waals surface area contributed by atoms with Gasteiger partial charge in [-0.1, -0.05) is 42.4 Å². The van der Waals surface area contributed by atoms with E-state index in [4.69, 9.17) is 4.74 Å². The predicted octanol–water partition coefficient (Wildman–Crippen LogP) is 3.20. The van der Waals surface area contributed by atoms with Gasteiger partial charge in [0.05, 0.1) is 0 Å². The van der Waals surface area contributed by atoms with Crippen molar-refractivity contribution in [3.05, 3.63) is 0 Å². The summed E-state index contributed by atoms with van der Waals surface area (Å²) in [4.78, 5) is 12.2. The lowest BCUT2D eigenvalue weighted by Crippen LogP contribution is -2.40. The Kier molecular flexibility index (Phi) is 4.92. The molecule has 0 aromatic heterocycles. The largest absolute Gasteiger partial charge is 0.458 e. The van der Waals surface area contributed by atoms with E-state index in [1.165, 1.54) is 19.3 Å². The zero-order valence-corrected chi connectivity index (χ0v) is 13.5. The third-order valence-corrected chi connectivity index (χ3v) is 5.50. The van der Waals surface area contributed by atoms with E-state index >= 15 is 0 Å². The third kappa shape index (κ3) is 3.38. The summed E-state index contributed by atoms with van der Waals surface area (Å²) >= 11 is 2.23. The van der Waals surface area contributed by atoms with E-state index in [9.17, 15) is 4.79 Å². The standard InChI is InChI=1S/C14H24INO2/c1-3-7-14(8-5-4-6-9-14)18-13(17)11(15)12-10(2)16-12/h10-12,16H,3-9H2,1-2H3. The van der Waals surface area contributed by atoms with Gasteiger partial charge in [0.1, 0.15) is 9.53 Å². The first-order valence-electron chi connectivity index (χ1n) is 7.21. The molecule has 0 spiro atoms. The Morgan fingerprint density at radius 3 is 2.56 bits per heavy atom. The summed E-state index contributed by atoms with van der Waals surface area (Å²) in [5, 5.41) is 3.29. The summed E-state index contributed by atoms with van der Waals surface area (Å²) in [5.74, 6) is -0.00667. The molecule has 1 heterocycles. The first-order chi connectivity index (χ1) is 8.58. The van der Waals surface area contributed by atoms with Crippen LogP contribution < -0.4 is 5.32 Å². The van der Waals surface area contributed by atoms with Gasteiger partial charge in [-0.05, 0) is 39.0 Å². The smallest absolute Gasteiger partial charge is 0.321 e. The summed E-state index contributed by atoms with van der Waals surface area (Å²) in [6, 6.07) is 0.785. The van der Waals surface area contributed by atoms with Crippen LogP contribution in [0.15, 0.2) is 0 Å².